The number of para-hydroxylation sites is 3. The Balaban J connectivity index is 1.83. The Labute approximate surface area is 191 Å². The Morgan fingerprint density at radius 1 is 0.469 bits per heavy atom. The van der Waals surface area contributed by atoms with Crippen LogP contribution in [0.4, 0.5) is 0 Å². The summed E-state index contributed by atoms with van der Waals surface area (Å²) in [4.78, 5) is 0. The van der Waals surface area contributed by atoms with E-state index in [0.29, 0.717) is 6.16 Å². The Morgan fingerprint density at radius 3 is 1.19 bits per heavy atom. The van der Waals surface area contributed by atoms with E-state index < -0.39 is 7.94 Å². The Bertz CT molecular complexity index is 1060. The fourth-order valence-corrected chi connectivity index (χ4v) is 5.86. The molecule has 0 radical (unpaired) electrons. The molecule has 0 aliphatic carbocycles. The normalized spacial score (nSPS) is 11.1. The van der Waals surface area contributed by atoms with E-state index in [9.17, 15) is 0 Å². The molecule has 4 rings (SSSR count). The molecular weight excluding hydrogens is 415 g/mol. The summed E-state index contributed by atoms with van der Waals surface area (Å²) in [6, 6.07) is 34.2. The van der Waals surface area contributed by atoms with Crippen molar-refractivity contribution in [2.24, 2.45) is 0 Å². The minimum absolute atomic E-state index is 0.505. The molecule has 0 aliphatic heterocycles. The molecule has 4 heteroatoms. The zero-order chi connectivity index (χ0) is 22.4. The third kappa shape index (κ3) is 5.30. The van der Waals surface area contributed by atoms with Crippen molar-refractivity contribution in [3.63, 3.8) is 0 Å². The smallest absolute Gasteiger partial charge is 0.271 e. The molecule has 4 aromatic carbocycles. The summed E-state index contributed by atoms with van der Waals surface area (Å²) in [6.45, 7) is 6.11. The third-order valence-corrected chi connectivity index (χ3v) is 7.39. The SMILES string of the molecule is Cc1ccccc1O[P+](Cc1ccccc1)(Oc1ccccc1C)Oc1ccccc1C. The van der Waals surface area contributed by atoms with Crippen LogP contribution in [0, 0.1) is 20.8 Å². The van der Waals surface area contributed by atoms with Crippen LogP contribution in [0.25, 0.3) is 0 Å². The predicted molar refractivity (Wildman–Crippen MR) is 132 cm³/mol. The first-order valence-corrected chi connectivity index (χ1v) is 12.5. The van der Waals surface area contributed by atoms with Crippen molar-refractivity contribution in [3.8, 4) is 17.2 Å². The summed E-state index contributed by atoms with van der Waals surface area (Å²) in [7, 11) is -2.96. The fraction of sp³-hybridized carbons (Fsp3) is 0.143. The summed E-state index contributed by atoms with van der Waals surface area (Å²) in [5, 5.41) is 0. The van der Waals surface area contributed by atoms with Gasteiger partial charge in [-0.15, -0.1) is 0 Å². The first-order chi connectivity index (χ1) is 15.5. The lowest BCUT2D eigenvalue weighted by atomic mass is 10.2. The van der Waals surface area contributed by atoms with Gasteiger partial charge >= 0.3 is 7.94 Å². The van der Waals surface area contributed by atoms with Gasteiger partial charge in [0, 0.05) is 0 Å². The van der Waals surface area contributed by atoms with Crippen LogP contribution in [0.5, 0.6) is 17.2 Å². The lowest BCUT2D eigenvalue weighted by Gasteiger charge is -2.25. The van der Waals surface area contributed by atoms with Crippen LogP contribution in [0.15, 0.2) is 103 Å². The molecule has 0 bridgehead atoms. The van der Waals surface area contributed by atoms with Crippen molar-refractivity contribution in [1.82, 2.24) is 0 Å². The van der Waals surface area contributed by atoms with E-state index in [1.165, 1.54) is 0 Å². The fourth-order valence-electron chi connectivity index (χ4n) is 3.39. The van der Waals surface area contributed by atoms with Crippen molar-refractivity contribution in [1.29, 1.82) is 0 Å². The number of aryl methyl sites for hydroxylation is 3. The zero-order valence-corrected chi connectivity index (χ0v) is 19.6. The van der Waals surface area contributed by atoms with E-state index in [-0.39, 0.29) is 0 Å². The highest BCUT2D eigenvalue weighted by molar-refractivity contribution is 7.62. The summed E-state index contributed by atoms with van der Waals surface area (Å²) in [5.74, 6) is 2.29. The zero-order valence-electron chi connectivity index (χ0n) is 18.7. The molecule has 0 aliphatic rings. The van der Waals surface area contributed by atoms with E-state index in [2.05, 4.69) is 12.1 Å². The van der Waals surface area contributed by atoms with E-state index >= 15 is 0 Å². The highest BCUT2D eigenvalue weighted by atomic mass is 31.2. The minimum atomic E-state index is -2.96. The van der Waals surface area contributed by atoms with E-state index in [4.69, 9.17) is 13.6 Å². The molecular formula is C28H28O3P+. The molecule has 0 atom stereocenters. The molecule has 0 spiro atoms. The van der Waals surface area contributed by atoms with Crippen LogP contribution in [0.1, 0.15) is 22.3 Å². The number of hydrogen-bond acceptors (Lipinski definition) is 3. The molecule has 32 heavy (non-hydrogen) atoms. The van der Waals surface area contributed by atoms with Crippen LogP contribution in [-0.4, -0.2) is 0 Å². The van der Waals surface area contributed by atoms with Crippen LogP contribution < -0.4 is 13.6 Å². The summed E-state index contributed by atoms with van der Waals surface area (Å²) >= 11 is 0. The second-order valence-corrected chi connectivity index (χ2v) is 9.91. The van der Waals surface area contributed by atoms with Gasteiger partial charge in [0.05, 0.1) is 0 Å². The lowest BCUT2D eigenvalue weighted by Crippen LogP contribution is -2.18. The quantitative estimate of drug-likeness (QED) is 0.257. The van der Waals surface area contributed by atoms with Gasteiger partial charge in [-0.05, 0) is 61.2 Å². The Kier molecular flexibility index (Phi) is 6.78. The van der Waals surface area contributed by atoms with E-state index in [0.717, 1.165) is 39.5 Å². The summed E-state index contributed by atoms with van der Waals surface area (Å²) < 4.78 is 20.2. The van der Waals surface area contributed by atoms with Gasteiger partial charge in [-0.1, -0.05) is 84.9 Å². The number of benzene rings is 4. The molecule has 0 fully saturated rings. The highest BCUT2D eigenvalue weighted by Gasteiger charge is 2.51. The van der Waals surface area contributed by atoms with Crippen molar-refractivity contribution in [3.05, 3.63) is 125 Å². The molecule has 3 nitrogen and oxygen atoms in total. The van der Waals surface area contributed by atoms with Gasteiger partial charge in [0.25, 0.3) is 0 Å². The summed E-state index contributed by atoms with van der Waals surface area (Å²) in [6.07, 6.45) is 0.505. The van der Waals surface area contributed by atoms with Crippen molar-refractivity contribution in [2.45, 2.75) is 26.9 Å². The molecule has 0 heterocycles. The Hall–Kier alpha value is -3.29. The van der Waals surface area contributed by atoms with Crippen LogP contribution >= 0.6 is 7.94 Å². The topological polar surface area (TPSA) is 27.7 Å². The first-order valence-electron chi connectivity index (χ1n) is 10.7. The van der Waals surface area contributed by atoms with Crippen LogP contribution in [-0.2, 0) is 6.16 Å². The second kappa shape index (κ2) is 9.89. The standard InChI is InChI=1S/C28H28O3P/c1-22-13-7-10-18-26(22)29-32(21-25-16-5-4-6-17-25,30-27-19-11-8-14-23(27)2)31-28-20-12-9-15-24(28)3/h4-20H,21H2,1-3H3/q+1. The van der Waals surface area contributed by atoms with Gasteiger partial charge in [0.2, 0.25) is 0 Å². The van der Waals surface area contributed by atoms with Crippen molar-refractivity contribution >= 4 is 7.94 Å². The van der Waals surface area contributed by atoms with Gasteiger partial charge in [-0.2, -0.15) is 0 Å². The molecule has 162 valence electrons. The third-order valence-electron chi connectivity index (χ3n) is 5.21. The largest absolute Gasteiger partial charge is 0.546 e. The van der Waals surface area contributed by atoms with Gasteiger partial charge in [-0.25, -0.2) is 0 Å². The summed E-state index contributed by atoms with van der Waals surface area (Å²) in [5.41, 5.74) is 4.20. The molecule has 0 saturated heterocycles. The van der Waals surface area contributed by atoms with Crippen LogP contribution in [0.2, 0.25) is 0 Å². The van der Waals surface area contributed by atoms with Gasteiger partial charge < -0.3 is 0 Å². The highest BCUT2D eigenvalue weighted by Crippen LogP contribution is 2.63. The van der Waals surface area contributed by atoms with Crippen LogP contribution in [0.3, 0.4) is 0 Å². The first kappa shape index (κ1) is 21.9. The van der Waals surface area contributed by atoms with E-state index in [1.54, 1.807) is 0 Å². The average molecular weight is 444 g/mol. The minimum Gasteiger partial charge on any atom is -0.271 e. The van der Waals surface area contributed by atoms with Gasteiger partial charge in [0.15, 0.2) is 23.4 Å². The van der Waals surface area contributed by atoms with Gasteiger partial charge in [0.1, 0.15) is 0 Å². The van der Waals surface area contributed by atoms with Crippen molar-refractivity contribution in [2.75, 3.05) is 0 Å². The molecule has 0 aromatic heterocycles. The number of rotatable bonds is 8. The maximum atomic E-state index is 6.72. The average Bonchev–Trinajstić information content (AvgIpc) is 2.79. The monoisotopic (exact) mass is 443 g/mol. The molecule has 0 N–H and O–H groups in total. The molecule has 0 unspecified atom stereocenters. The van der Waals surface area contributed by atoms with Crippen molar-refractivity contribution < 1.29 is 13.6 Å². The molecule has 0 amide bonds. The second-order valence-electron chi connectivity index (χ2n) is 7.82. The lowest BCUT2D eigenvalue weighted by molar-refractivity contribution is 0.349. The predicted octanol–water partition coefficient (Wildman–Crippen LogP) is 8.11. The van der Waals surface area contributed by atoms with Gasteiger partial charge in [-0.3, -0.25) is 13.6 Å². The molecule has 0 saturated carbocycles. The maximum absolute atomic E-state index is 6.72. The number of hydrogen-bond donors (Lipinski definition) is 0. The Morgan fingerprint density at radius 2 is 0.812 bits per heavy atom. The van der Waals surface area contributed by atoms with E-state index in [1.807, 2.05) is 112 Å². The molecule has 4 aromatic rings. The maximum Gasteiger partial charge on any atom is 0.546 e.